The van der Waals surface area contributed by atoms with Crippen molar-refractivity contribution in [3.63, 3.8) is 0 Å². The molecular formula is C78H68ClN5. The van der Waals surface area contributed by atoms with E-state index >= 15 is 0 Å². The molecule has 6 heteroatoms. The Morgan fingerprint density at radius 2 is 0.583 bits per heavy atom. The summed E-state index contributed by atoms with van der Waals surface area (Å²) >= 11 is 8.14. The van der Waals surface area contributed by atoms with Gasteiger partial charge in [-0.3, -0.25) is 0 Å². The minimum Gasteiger partial charge on any atom is -0.309 e. The zero-order valence-corrected chi connectivity index (χ0v) is 50.0. The van der Waals surface area contributed by atoms with Crippen LogP contribution in [0.3, 0.4) is 0 Å². The molecule has 11 aromatic carbocycles. The molecule has 0 radical (unpaired) electrons. The third-order valence-corrected chi connectivity index (χ3v) is 17.5. The number of hydrogen-bond donors (Lipinski definition) is 0. The van der Waals surface area contributed by atoms with Gasteiger partial charge in [0.2, 0.25) is 0 Å². The lowest BCUT2D eigenvalue weighted by molar-refractivity contribution is 0.590. The molecule has 0 aliphatic rings. The van der Waals surface area contributed by atoms with Gasteiger partial charge in [-0.1, -0.05) is 213 Å². The first-order valence-electron chi connectivity index (χ1n) is 29.4. The molecule has 84 heavy (non-hydrogen) atoms. The van der Waals surface area contributed by atoms with E-state index in [1.165, 1.54) is 60.0 Å². The number of aromatic nitrogens is 3. The lowest BCUT2D eigenvalue weighted by Gasteiger charge is -2.32. The molecule has 0 saturated carbocycles. The number of benzene rings is 11. The maximum absolute atomic E-state index is 8.14. The van der Waals surface area contributed by atoms with E-state index in [1.807, 2.05) is 0 Å². The number of nitrogens with zero attached hydrogens (tertiary/aromatic N) is 5. The predicted molar refractivity (Wildman–Crippen MR) is 360 cm³/mol. The van der Waals surface area contributed by atoms with Gasteiger partial charge >= 0.3 is 0 Å². The first kappa shape index (κ1) is 52.8. The summed E-state index contributed by atoms with van der Waals surface area (Å²) in [5, 5.41) is 7.82. The van der Waals surface area contributed by atoms with Crippen LogP contribution in [0.15, 0.2) is 249 Å². The highest BCUT2D eigenvalue weighted by molar-refractivity contribution is 6.40. The summed E-state index contributed by atoms with van der Waals surface area (Å²) in [7, 11) is 0. The quantitative estimate of drug-likeness (QED) is 0.144. The van der Waals surface area contributed by atoms with Gasteiger partial charge in [-0.2, -0.15) is 0 Å². The molecule has 14 aromatic rings. The highest BCUT2D eigenvalue weighted by Gasteiger charge is 2.30. The summed E-state index contributed by atoms with van der Waals surface area (Å²) < 4.78 is 7.55. The Bertz CT molecular complexity index is 4680. The molecule has 0 spiro atoms. The van der Waals surface area contributed by atoms with Crippen LogP contribution >= 0.6 is 11.6 Å². The third-order valence-electron chi connectivity index (χ3n) is 17.1. The maximum atomic E-state index is 8.14. The number of hydrogen-bond acceptors (Lipinski definition) is 2. The summed E-state index contributed by atoms with van der Waals surface area (Å²) in [5.41, 5.74) is 19.7. The Morgan fingerprint density at radius 1 is 0.286 bits per heavy atom. The van der Waals surface area contributed by atoms with Crippen molar-refractivity contribution in [2.24, 2.45) is 0 Å². The van der Waals surface area contributed by atoms with Crippen LogP contribution in [-0.2, 0) is 16.2 Å². The molecule has 14 rings (SSSR count). The molecule has 5 nitrogen and oxygen atoms in total. The van der Waals surface area contributed by atoms with Gasteiger partial charge in [-0.15, -0.1) is 0 Å². The Kier molecular flexibility index (Phi) is 12.5. The van der Waals surface area contributed by atoms with E-state index in [2.05, 4.69) is 335 Å². The summed E-state index contributed by atoms with van der Waals surface area (Å²) in [6.07, 6.45) is 0. The van der Waals surface area contributed by atoms with Crippen molar-refractivity contribution >= 4 is 111 Å². The van der Waals surface area contributed by atoms with E-state index in [4.69, 9.17) is 11.6 Å². The van der Waals surface area contributed by atoms with Gasteiger partial charge < -0.3 is 23.5 Å². The highest BCUT2D eigenvalue weighted by atomic mass is 35.5. The van der Waals surface area contributed by atoms with Crippen LogP contribution < -0.4 is 9.80 Å². The van der Waals surface area contributed by atoms with Crippen molar-refractivity contribution in [3.8, 4) is 17.1 Å². The normalized spacial score (nSPS) is 12.4. The van der Waals surface area contributed by atoms with E-state index in [0.29, 0.717) is 5.02 Å². The molecule has 0 fully saturated rings. The standard InChI is InChI=1S/C78H68ClN5/c1-76(2,3)51-38-44-56(45-39-51)80(57-46-40-52(41-47-57)77(4,5)6)67-36-23-37-68(72(67)79)81(58-48-42-53(43-49-58)78(7,8)9)59-28-22-29-60(50-59)84-66-35-21-18-32-63(66)71-74-69(61-30-16-19-33-64(61)82(74)54-24-12-10-13-25-54)73-70(75(71)84)62-31-17-20-34-65(62)83(73)55-26-14-11-15-27-55/h10-50H,1-9H3. The van der Waals surface area contributed by atoms with E-state index < -0.39 is 0 Å². The third kappa shape index (κ3) is 8.67. The fraction of sp³-hybridized carbons (Fsp3) is 0.154. The van der Waals surface area contributed by atoms with Gasteiger partial charge in [0, 0.05) is 72.1 Å². The predicted octanol–water partition coefficient (Wildman–Crippen LogP) is 22.5. The molecule has 0 aliphatic carbocycles. The van der Waals surface area contributed by atoms with Gasteiger partial charge in [0.1, 0.15) is 0 Å². The van der Waals surface area contributed by atoms with Crippen molar-refractivity contribution < 1.29 is 0 Å². The first-order valence-corrected chi connectivity index (χ1v) is 29.8. The van der Waals surface area contributed by atoms with Crippen LogP contribution in [0.4, 0.5) is 34.1 Å². The Balaban J connectivity index is 1.06. The Labute approximate surface area is 497 Å². The van der Waals surface area contributed by atoms with Gasteiger partial charge in [0.25, 0.3) is 0 Å². The van der Waals surface area contributed by atoms with Gasteiger partial charge in [0.05, 0.1) is 49.5 Å². The van der Waals surface area contributed by atoms with Crippen molar-refractivity contribution in [2.45, 2.75) is 78.6 Å². The summed E-state index contributed by atoms with van der Waals surface area (Å²) in [6, 6.07) is 91.3. The van der Waals surface area contributed by atoms with Crippen molar-refractivity contribution in [2.75, 3.05) is 9.80 Å². The summed E-state index contributed by atoms with van der Waals surface area (Å²) in [4.78, 5) is 4.66. The maximum Gasteiger partial charge on any atom is 0.0887 e. The highest BCUT2D eigenvalue weighted by Crippen LogP contribution is 2.52. The molecule has 0 unspecified atom stereocenters. The summed E-state index contributed by atoms with van der Waals surface area (Å²) in [5.74, 6) is 0. The van der Waals surface area contributed by atoms with Crippen molar-refractivity contribution in [1.29, 1.82) is 0 Å². The average molecular weight is 1110 g/mol. The van der Waals surface area contributed by atoms with E-state index in [9.17, 15) is 0 Å². The molecular weight excluding hydrogens is 1040 g/mol. The van der Waals surface area contributed by atoms with Crippen LogP contribution in [0.25, 0.3) is 82.5 Å². The zero-order chi connectivity index (χ0) is 57.8. The van der Waals surface area contributed by atoms with E-state index in [0.717, 1.165) is 73.3 Å². The van der Waals surface area contributed by atoms with Crippen LogP contribution in [-0.4, -0.2) is 13.7 Å². The van der Waals surface area contributed by atoms with Crippen LogP contribution in [0.2, 0.25) is 5.02 Å². The molecule has 0 bridgehead atoms. The molecule has 3 aromatic heterocycles. The molecule has 3 heterocycles. The molecule has 0 atom stereocenters. The van der Waals surface area contributed by atoms with Gasteiger partial charge in [0.15, 0.2) is 0 Å². The second-order valence-corrected chi connectivity index (χ2v) is 26.0. The average Bonchev–Trinajstić information content (AvgIpc) is 1.57. The summed E-state index contributed by atoms with van der Waals surface area (Å²) in [6.45, 7) is 20.4. The second kappa shape index (κ2) is 20.0. The fourth-order valence-corrected chi connectivity index (χ4v) is 13.2. The molecule has 0 amide bonds. The SMILES string of the molecule is CC(C)(C)c1ccc(N(c2ccc(C(C)(C)C)cc2)c2cccc(N(c3ccc(C(C)(C)C)cc3)c3cccc(-n4c5ccccc5c5c6c(c7ccccc7n6-c6ccccc6)c6c(c7ccccc7n6-c6ccccc6)c54)c3)c2Cl)cc1. The Morgan fingerprint density at radius 3 is 0.940 bits per heavy atom. The van der Waals surface area contributed by atoms with Crippen LogP contribution in [0, 0.1) is 0 Å². The number of para-hydroxylation sites is 5. The first-order chi connectivity index (χ1) is 40.5. The number of fused-ring (bicyclic) bond motifs is 12. The molecule has 412 valence electrons. The van der Waals surface area contributed by atoms with E-state index in [-0.39, 0.29) is 16.2 Å². The van der Waals surface area contributed by atoms with Crippen LogP contribution in [0.5, 0.6) is 0 Å². The number of rotatable bonds is 9. The number of halogens is 1. The van der Waals surface area contributed by atoms with E-state index in [1.54, 1.807) is 0 Å². The molecule has 0 saturated heterocycles. The molecule has 0 N–H and O–H groups in total. The van der Waals surface area contributed by atoms with Gasteiger partial charge in [-0.25, -0.2) is 0 Å². The topological polar surface area (TPSA) is 21.3 Å². The minimum absolute atomic E-state index is 0.00642. The monoisotopic (exact) mass is 1110 g/mol. The zero-order valence-electron chi connectivity index (χ0n) is 49.3. The Hall–Kier alpha value is -9.29. The number of anilines is 6. The fourth-order valence-electron chi connectivity index (χ4n) is 12.9. The van der Waals surface area contributed by atoms with Crippen molar-refractivity contribution in [3.05, 3.63) is 270 Å². The smallest absolute Gasteiger partial charge is 0.0887 e. The lowest BCUT2D eigenvalue weighted by Crippen LogP contribution is -2.16. The minimum atomic E-state index is -0.0461. The second-order valence-electron chi connectivity index (χ2n) is 25.6. The van der Waals surface area contributed by atoms with Crippen LogP contribution in [0.1, 0.15) is 79.0 Å². The van der Waals surface area contributed by atoms with Crippen molar-refractivity contribution in [1.82, 2.24) is 13.7 Å². The largest absolute Gasteiger partial charge is 0.309 e. The molecule has 0 aliphatic heterocycles. The van der Waals surface area contributed by atoms with Gasteiger partial charge in [-0.05, 0) is 142 Å². The lowest BCUT2D eigenvalue weighted by atomic mass is 9.86.